The van der Waals surface area contributed by atoms with E-state index in [0.29, 0.717) is 4.32 Å². The van der Waals surface area contributed by atoms with Crippen LogP contribution in [-0.2, 0) is 9.59 Å². The van der Waals surface area contributed by atoms with Gasteiger partial charge in [-0.3, -0.25) is 14.5 Å². The Kier molecular flexibility index (Phi) is 3.27. The highest BCUT2D eigenvalue weighted by Gasteiger charge is 2.33. The minimum absolute atomic E-state index is 0.0564. The minimum Gasteiger partial charge on any atom is -0.481 e. The second kappa shape index (κ2) is 4.06. The summed E-state index contributed by atoms with van der Waals surface area (Å²) < 4.78 is 0.485. The average molecular weight is 219 g/mol. The van der Waals surface area contributed by atoms with Crippen molar-refractivity contribution in [1.29, 1.82) is 0 Å². The van der Waals surface area contributed by atoms with Crippen molar-refractivity contribution in [3.05, 3.63) is 0 Å². The summed E-state index contributed by atoms with van der Waals surface area (Å²) in [6.07, 6.45) is -0.0564. The molecule has 0 aliphatic carbocycles. The zero-order valence-corrected chi connectivity index (χ0v) is 8.65. The molecule has 0 radical (unpaired) electrons. The zero-order chi connectivity index (χ0) is 10.0. The Labute approximate surface area is 85.3 Å². The number of hydrogen-bond acceptors (Lipinski definition) is 4. The Morgan fingerprint density at radius 2 is 2.38 bits per heavy atom. The van der Waals surface area contributed by atoms with Crippen molar-refractivity contribution in [2.45, 2.75) is 18.6 Å². The van der Waals surface area contributed by atoms with Gasteiger partial charge in [0.2, 0.25) is 5.91 Å². The highest BCUT2D eigenvalue weighted by Crippen LogP contribution is 2.26. The lowest BCUT2D eigenvalue weighted by atomic mass is 10.3. The summed E-state index contributed by atoms with van der Waals surface area (Å²) in [4.78, 5) is 23.0. The van der Waals surface area contributed by atoms with Gasteiger partial charge in [0.25, 0.3) is 0 Å². The molecule has 6 heteroatoms. The molecule has 1 aliphatic heterocycles. The summed E-state index contributed by atoms with van der Waals surface area (Å²) in [7, 11) is 0. The lowest BCUT2D eigenvalue weighted by Crippen LogP contribution is -2.32. The van der Waals surface area contributed by atoms with Crippen LogP contribution in [0.2, 0.25) is 0 Å². The topological polar surface area (TPSA) is 57.6 Å². The molecule has 1 aliphatic rings. The Hall–Kier alpha value is -0.620. The van der Waals surface area contributed by atoms with Crippen molar-refractivity contribution in [1.82, 2.24) is 4.90 Å². The molecular formula is C7H9NO3S2. The first-order valence-electron chi connectivity index (χ1n) is 3.76. The summed E-state index contributed by atoms with van der Waals surface area (Å²) in [5.74, 6) is -1.00. The molecule has 0 saturated carbocycles. The average Bonchev–Trinajstić information content (AvgIpc) is 2.24. The first-order chi connectivity index (χ1) is 6.02. The molecule has 0 aromatic carbocycles. The van der Waals surface area contributed by atoms with Gasteiger partial charge in [0.05, 0.1) is 11.7 Å². The molecule has 13 heavy (non-hydrogen) atoms. The third-order valence-corrected chi connectivity index (χ3v) is 3.15. The van der Waals surface area contributed by atoms with Gasteiger partial charge in [0.15, 0.2) is 0 Å². The molecule has 1 heterocycles. The van der Waals surface area contributed by atoms with E-state index >= 15 is 0 Å². The number of thioether (sulfide) groups is 1. The number of hydrogen-bond donors (Lipinski definition) is 1. The Morgan fingerprint density at radius 3 is 2.77 bits per heavy atom. The van der Waals surface area contributed by atoms with Crippen molar-refractivity contribution in [2.75, 3.05) is 6.54 Å². The van der Waals surface area contributed by atoms with E-state index in [1.807, 2.05) is 0 Å². The number of carboxylic acids is 1. The van der Waals surface area contributed by atoms with E-state index in [9.17, 15) is 9.59 Å². The van der Waals surface area contributed by atoms with Crippen molar-refractivity contribution in [3.8, 4) is 0 Å². The second-order valence-corrected chi connectivity index (χ2v) is 4.63. The fourth-order valence-electron chi connectivity index (χ4n) is 0.984. The molecule has 1 N–H and O–H groups in total. The van der Waals surface area contributed by atoms with Crippen LogP contribution in [0.15, 0.2) is 0 Å². The number of nitrogens with zero attached hydrogens (tertiary/aromatic N) is 1. The van der Waals surface area contributed by atoms with Gasteiger partial charge in [-0.2, -0.15) is 0 Å². The molecule has 1 saturated heterocycles. The van der Waals surface area contributed by atoms with Crippen molar-refractivity contribution < 1.29 is 14.7 Å². The molecular weight excluding hydrogens is 210 g/mol. The van der Waals surface area contributed by atoms with E-state index < -0.39 is 5.97 Å². The van der Waals surface area contributed by atoms with Crippen LogP contribution in [0.25, 0.3) is 0 Å². The maximum Gasteiger partial charge on any atom is 0.305 e. The maximum atomic E-state index is 11.4. The van der Waals surface area contributed by atoms with Crippen LogP contribution in [-0.4, -0.2) is 38.0 Å². The molecule has 1 amide bonds. The van der Waals surface area contributed by atoms with Gasteiger partial charge < -0.3 is 5.11 Å². The first-order valence-corrected chi connectivity index (χ1v) is 5.05. The van der Waals surface area contributed by atoms with E-state index in [4.69, 9.17) is 17.3 Å². The Bertz CT molecular complexity index is 266. The molecule has 72 valence electrons. The Balaban J connectivity index is 2.54. The van der Waals surface area contributed by atoms with E-state index in [1.54, 1.807) is 6.92 Å². The van der Waals surface area contributed by atoms with Crippen LogP contribution in [0, 0.1) is 0 Å². The smallest absolute Gasteiger partial charge is 0.305 e. The fraction of sp³-hybridized carbons (Fsp3) is 0.571. The molecule has 0 bridgehead atoms. The molecule has 1 fully saturated rings. The highest BCUT2D eigenvalue weighted by molar-refractivity contribution is 8.24. The fourth-order valence-corrected chi connectivity index (χ4v) is 2.44. The molecule has 0 aromatic rings. The summed E-state index contributed by atoms with van der Waals surface area (Å²) >= 11 is 6.22. The Morgan fingerprint density at radius 1 is 1.77 bits per heavy atom. The van der Waals surface area contributed by atoms with Gasteiger partial charge in [-0.25, -0.2) is 0 Å². The molecule has 4 nitrogen and oxygen atoms in total. The van der Waals surface area contributed by atoms with Crippen molar-refractivity contribution in [3.63, 3.8) is 0 Å². The molecule has 1 atom stereocenters. The maximum absolute atomic E-state index is 11.4. The van der Waals surface area contributed by atoms with E-state index in [-0.39, 0.29) is 24.1 Å². The predicted molar refractivity (Wildman–Crippen MR) is 53.6 cm³/mol. The van der Waals surface area contributed by atoms with Crippen LogP contribution in [0.3, 0.4) is 0 Å². The lowest BCUT2D eigenvalue weighted by Gasteiger charge is -2.12. The van der Waals surface area contributed by atoms with E-state index in [2.05, 4.69) is 0 Å². The number of carbonyl (C=O) groups is 2. The summed E-state index contributed by atoms with van der Waals surface area (Å²) in [6, 6.07) is 0. The highest BCUT2D eigenvalue weighted by atomic mass is 32.2. The van der Waals surface area contributed by atoms with Gasteiger partial charge in [-0.05, 0) is 6.92 Å². The quantitative estimate of drug-likeness (QED) is 0.708. The first kappa shape index (κ1) is 10.5. The SMILES string of the molecule is C[C@H]1SC(=S)N(CCC(=O)O)C1=O. The van der Waals surface area contributed by atoms with Crippen LogP contribution in [0.5, 0.6) is 0 Å². The normalized spacial score (nSPS) is 22.5. The number of carbonyl (C=O) groups excluding carboxylic acids is 1. The summed E-state index contributed by atoms with van der Waals surface area (Å²) in [5, 5.41) is 8.26. The number of rotatable bonds is 3. The van der Waals surface area contributed by atoms with Crippen LogP contribution >= 0.6 is 24.0 Å². The molecule has 1 rings (SSSR count). The summed E-state index contributed by atoms with van der Waals surface area (Å²) in [6.45, 7) is 1.95. The van der Waals surface area contributed by atoms with E-state index in [1.165, 1.54) is 16.7 Å². The van der Waals surface area contributed by atoms with Gasteiger partial charge >= 0.3 is 5.97 Å². The van der Waals surface area contributed by atoms with Crippen LogP contribution < -0.4 is 0 Å². The lowest BCUT2D eigenvalue weighted by molar-refractivity contribution is -0.137. The standard InChI is InChI=1S/C7H9NO3S2/c1-4-6(11)8(7(12)13-4)3-2-5(9)10/h4H,2-3H2,1H3,(H,9,10)/t4-/m1/s1. The summed E-state index contributed by atoms with van der Waals surface area (Å²) in [5.41, 5.74) is 0. The predicted octanol–water partition coefficient (Wildman–Crippen LogP) is 0.710. The third kappa shape index (κ3) is 2.41. The molecule has 0 unspecified atom stereocenters. The number of aliphatic carboxylic acids is 1. The molecule has 0 spiro atoms. The van der Waals surface area contributed by atoms with Crippen molar-refractivity contribution >= 4 is 40.2 Å². The van der Waals surface area contributed by atoms with Crippen LogP contribution in [0.1, 0.15) is 13.3 Å². The van der Waals surface area contributed by atoms with Gasteiger partial charge in [-0.1, -0.05) is 24.0 Å². The number of thiocarbonyl (C=S) groups is 1. The second-order valence-electron chi connectivity index (χ2n) is 2.66. The number of carboxylic acid groups (broad SMARTS) is 1. The number of amides is 1. The van der Waals surface area contributed by atoms with Gasteiger partial charge in [0.1, 0.15) is 4.32 Å². The van der Waals surface area contributed by atoms with E-state index in [0.717, 1.165) is 0 Å². The third-order valence-electron chi connectivity index (χ3n) is 1.66. The monoisotopic (exact) mass is 219 g/mol. The zero-order valence-electron chi connectivity index (χ0n) is 7.02. The van der Waals surface area contributed by atoms with Crippen LogP contribution in [0.4, 0.5) is 0 Å². The minimum atomic E-state index is -0.917. The largest absolute Gasteiger partial charge is 0.481 e. The molecule has 0 aromatic heterocycles. The van der Waals surface area contributed by atoms with Crippen molar-refractivity contribution in [2.24, 2.45) is 0 Å². The van der Waals surface area contributed by atoms with Gasteiger partial charge in [-0.15, -0.1) is 0 Å². The van der Waals surface area contributed by atoms with Gasteiger partial charge in [0, 0.05) is 6.54 Å².